The van der Waals surface area contributed by atoms with E-state index in [4.69, 9.17) is 0 Å². The van der Waals surface area contributed by atoms with Gasteiger partial charge in [0, 0.05) is 13.1 Å². The largest absolute Gasteiger partial charge is 0.355 e. The van der Waals surface area contributed by atoms with Crippen molar-refractivity contribution in [3.8, 4) is 0 Å². The van der Waals surface area contributed by atoms with E-state index in [9.17, 15) is 13.2 Å². The molecule has 1 saturated heterocycles. The average Bonchev–Trinajstić information content (AvgIpc) is 2.67. The molecule has 1 atom stereocenters. The molecule has 0 radical (unpaired) electrons. The van der Waals surface area contributed by atoms with E-state index in [0.717, 1.165) is 5.56 Å². The van der Waals surface area contributed by atoms with E-state index in [2.05, 4.69) is 5.32 Å². The first kappa shape index (κ1) is 13.5. The number of rotatable bonds is 2. The van der Waals surface area contributed by atoms with Crippen LogP contribution in [0, 0.1) is 6.92 Å². The zero-order valence-electron chi connectivity index (χ0n) is 10.3. The Bertz CT molecular complexity index is 550. The lowest BCUT2D eigenvalue weighted by Gasteiger charge is -2.23. The fourth-order valence-corrected chi connectivity index (χ4v) is 4.89. The molecule has 1 aromatic heterocycles. The van der Waals surface area contributed by atoms with Crippen molar-refractivity contribution in [2.24, 2.45) is 0 Å². The fraction of sp³-hybridized carbons (Fsp3) is 0.545. The van der Waals surface area contributed by atoms with Crippen molar-refractivity contribution in [1.29, 1.82) is 0 Å². The van der Waals surface area contributed by atoms with Gasteiger partial charge in [-0.15, -0.1) is 11.3 Å². The van der Waals surface area contributed by atoms with Gasteiger partial charge < -0.3 is 5.32 Å². The van der Waals surface area contributed by atoms with Crippen molar-refractivity contribution >= 4 is 27.3 Å². The third-order valence-electron chi connectivity index (χ3n) is 2.94. The van der Waals surface area contributed by atoms with E-state index in [1.165, 1.54) is 15.6 Å². The van der Waals surface area contributed by atoms with E-state index in [1.807, 2.05) is 6.92 Å². The lowest BCUT2D eigenvalue weighted by Crippen LogP contribution is -2.44. The molecule has 0 spiro atoms. The minimum atomic E-state index is -3.56. The van der Waals surface area contributed by atoms with Crippen molar-refractivity contribution < 1.29 is 13.2 Å². The fourth-order valence-electron chi connectivity index (χ4n) is 1.90. The molecule has 0 aromatic carbocycles. The first-order valence-electron chi connectivity index (χ1n) is 5.77. The third kappa shape index (κ3) is 2.43. The smallest absolute Gasteiger partial charge is 0.253 e. The summed E-state index contributed by atoms with van der Waals surface area (Å²) in [4.78, 5) is 11.7. The number of amides is 1. The number of aryl methyl sites for hydroxylation is 1. The maximum Gasteiger partial charge on any atom is 0.253 e. The summed E-state index contributed by atoms with van der Waals surface area (Å²) in [5, 5.41) is 4.51. The zero-order chi connectivity index (χ0) is 13.3. The van der Waals surface area contributed by atoms with Gasteiger partial charge in [-0.1, -0.05) is 0 Å². The van der Waals surface area contributed by atoms with Gasteiger partial charge in [0.25, 0.3) is 10.0 Å². The lowest BCUT2D eigenvalue weighted by atomic mass is 10.3. The molecule has 1 fully saturated rings. The van der Waals surface area contributed by atoms with Crippen LogP contribution in [0.3, 0.4) is 0 Å². The van der Waals surface area contributed by atoms with Crippen LogP contribution in [0.25, 0.3) is 0 Å². The molecule has 100 valence electrons. The molecule has 0 aliphatic carbocycles. The first-order chi connectivity index (χ1) is 8.43. The van der Waals surface area contributed by atoms with Crippen LogP contribution >= 0.6 is 11.3 Å². The first-order valence-corrected chi connectivity index (χ1v) is 8.09. The SMILES string of the molecule is Cc1csc(S(=O)(=O)N2CCCNC(=O)[C@@H]2C)c1. The van der Waals surface area contributed by atoms with E-state index < -0.39 is 16.1 Å². The van der Waals surface area contributed by atoms with E-state index in [0.29, 0.717) is 23.7 Å². The van der Waals surface area contributed by atoms with Gasteiger partial charge in [-0.05, 0) is 37.3 Å². The van der Waals surface area contributed by atoms with Gasteiger partial charge in [-0.25, -0.2) is 8.42 Å². The van der Waals surface area contributed by atoms with Crippen molar-refractivity contribution in [2.75, 3.05) is 13.1 Å². The monoisotopic (exact) mass is 288 g/mol. The van der Waals surface area contributed by atoms with E-state index in [1.54, 1.807) is 18.4 Å². The molecule has 2 heterocycles. The standard InChI is InChI=1S/C11H16N2O3S2/c1-8-6-10(17-7-8)18(15,16)13-5-3-4-12-11(14)9(13)2/h6-7,9H,3-5H2,1-2H3,(H,12,14)/t9-/m0/s1. The Morgan fingerprint density at radius 2 is 2.22 bits per heavy atom. The normalized spacial score (nSPS) is 22.6. The molecular formula is C11H16N2O3S2. The van der Waals surface area contributed by atoms with Crippen molar-refractivity contribution in [3.05, 3.63) is 17.0 Å². The maximum atomic E-state index is 12.5. The molecule has 5 nitrogen and oxygen atoms in total. The topological polar surface area (TPSA) is 66.5 Å². The van der Waals surface area contributed by atoms with Crippen LogP contribution in [0.1, 0.15) is 18.9 Å². The average molecular weight is 288 g/mol. The number of nitrogens with one attached hydrogen (secondary N) is 1. The summed E-state index contributed by atoms with van der Waals surface area (Å²) in [6.07, 6.45) is 0.639. The van der Waals surface area contributed by atoms with Gasteiger partial charge in [0.05, 0.1) is 0 Å². The van der Waals surface area contributed by atoms with Crippen LogP contribution < -0.4 is 5.32 Å². The van der Waals surface area contributed by atoms with Crippen LogP contribution in [0.4, 0.5) is 0 Å². The van der Waals surface area contributed by atoms with Crippen LogP contribution in [0.5, 0.6) is 0 Å². The Labute approximate surface area is 111 Å². The molecule has 1 aromatic rings. The molecule has 2 rings (SSSR count). The number of thiophene rings is 1. The van der Waals surface area contributed by atoms with Gasteiger partial charge in [0.2, 0.25) is 5.91 Å². The second kappa shape index (κ2) is 4.99. The third-order valence-corrected chi connectivity index (χ3v) is 6.44. The predicted octanol–water partition coefficient (Wildman–Crippen LogP) is 0.956. The van der Waals surface area contributed by atoms with Gasteiger partial charge in [-0.2, -0.15) is 4.31 Å². The Morgan fingerprint density at radius 1 is 1.50 bits per heavy atom. The summed E-state index contributed by atoms with van der Waals surface area (Å²) in [6.45, 7) is 4.38. The zero-order valence-corrected chi connectivity index (χ0v) is 12.0. The summed E-state index contributed by atoms with van der Waals surface area (Å²) in [5.41, 5.74) is 0.922. The molecule has 1 aliphatic heterocycles. The van der Waals surface area contributed by atoms with E-state index >= 15 is 0 Å². The molecule has 1 aliphatic rings. The number of hydrogen-bond acceptors (Lipinski definition) is 4. The number of hydrogen-bond donors (Lipinski definition) is 1. The molecule has 0 bridgehead atoms. The van der Waals surface area contributed by atoms with E-state index in [-0.39, 0.29) is 5.91 Å². The highest BCUT2D eigenvalue weighted by Crippen LogP contribution is 2.25. The van der Waals surface area contributed by atoms with Crippen molar-refractivity contribution in [1.82, 2.24) is 9.62 Å². The highest BCUT2D eigenvalue weighted by Gasteiger charge is 2.34. The van der Waals surface area contributed by atoms with Gasteiger partial charge in [0.1, 0.15) is 10.3 Å². The summed E-state index contributed by atoms with van der Waals surface area (Å²) in [5.74, 6) is -0.232. The summed E-state index contributed by atoms with van der Waals surface area (Å²) >= 11 is 1.20. The molecule has 1 N–H and O–H groups in total. The highest BCUT2D eigenvalue weighted by molar-refractivity contribution is 7.91. The molecule has 7 heteroatoms. The molecule has 0 saturated carbocycles. The van der Waals surface area contributed by atoms with Crippen molar-refractivity contribution in [3.63, 3.8) is 0 Å². The Morgan fingerprint density at radius 3 is 2.83 bits per heavy atom. The Hall–Kier alpha value is -0.920. The Balaban J connectivity index is 2.36. The molecule has 1 amide bonds. The number of sulfonamides is 1. The number of carbonyl (C=O) groups is 1. The number of carbonyl (C=O) groups excluding carboxylic acids is 1. The molecular weight excluding hydrogens is 272 g/mol. The Kier molecular flexibility index (Phi) is 3.74. The second-order valence-electron chi connectivity index (χ2n) is 4.38. The van der Waals surface area contributed by atoms with Gasteiger partial charge in [0.15, 0.2) is 0 Å². The van der Waals surface area contributed by atoms with Gasteiger partial charge in [-0.3, -0.25) is 4.79 Å². The second-order valence-corrected chi connectivity index (χ2v) is 7.41. The van der Waals surface area contributed by atoms with Gasteiger partial charge >= 0.3 is 0 Å². The number of nitrogens with zero attached hydrogens (tertiary/aromatic N) is 1. The maximum absolute atomic E-state index is 12.5. The van der Waals surface area contributed by atoms with Crippen LogP contribution in [0.2, 0.25) is 0 Å². The predicted molar refractivity (Wildman–Crippen MR) is 70.0 cm³/mol. The lowest BCUT2D eigenvalue weighted by molar-refractivity contribution is -0.123. The summed E-state index contributed by atoms with van der Waals surface area (Å²) in [7, 11) is -3.56. The summed E-state index contributed by atoms with van der Waals surface area (Å²) in [6, 6.07) is 0.995. The minimum absolute atomic E-state index is 0.232. The quantitative estimate of drug-likeness (QED) is 0.881. The minimum Gasteiger partial charge on any atom is -0.355 e. The molecule has 18 heavy (non-hydrogen) atoms. The molecule has 0 unspecified atom stereocenters. The summed E-state index contributed by atoms with van der Waals surface area (Å²) < 4.78 is 26.5. The van der Waals surface area contributed by atoms with Crippen LogP contribution in [-0.4, -0.2) is 37.8 Å². The van der Waals surface area contributed by atoms with Crippen molar-refractivity contribution in [2.45, 2.75) is 30.5 Å². The van der Waals surface area contributed by atoms with Crippen LogP contribution in [0.15, 0.2) is 15.7 Å². The van der Waals surface area contributed by atoms with Crippen LogP contribution in [-0.2, 0) is 14.8 Å². The highest BCUT2D eigenvalue weighted by atomic mass is 32.2.